The predicted molar refractivity (Wildman–Crippen MR) is 135 cm³/mol. The molecule has 1 aliphatic rings. The fourth-order valence-corrected chi connectivity index (χ4v) is 5.35. The first-order valence-electron chi connectivity index (χ1n) is 10.8. The summed E-state index contributed by atoms with van der Waals surface area (Å²) in [6.07, 6.45) is 0. The molecule has 0 saturated carbocycles. The maximum Gasteiger partial charge on any atom is 0.301 e. The molecule has 5 rings (SSSR count). The Morgan fingerprint density at radius 1 is 1.11 bits per heavy atom. The van der Waals surface area contributed by atoms with Crippen molar-refractivity contribution >= 4 is 55.7 Å². The van der Waals surface area contributed by atoms with E-state index in [-0.39, 0.29) is 22.2 Å². The van der Waals surface area contributed by atoms with E-state index >= 15 is 0 Å². The van der Waals surface area contributed by atoms with Crippen LogP contribution in [0, 0.1) is 0 Å². The summed E-state index contributed by atoms with van der Waals surface area (Å²) >= 11 is 7.32. The number of phenols is 1. The number of Topliss-reactive ketones (excluding diaryl/α,β-unsaturated/α-hetero) is 1. The van der Waals surface area contributed by atoms with Crippen LogP contribution >= 0.6 is 22.9 Å². The van der Waals surface area contributed by atoms with Crippen LogP contribution in [-0.2, 0) is 9.59 Å². The number of aromatic nitrogens is 1. The van der Waals surface area contributed by atoms with E-state index in [2.05, 4.69) is 4.98 Å². The normalized spacial score (nSPS) is 17.3. The third-order valence-corrected chi connectivity index (χ3v) is 6.85. The van der Waals surface area contributed by atoms with Crippen LogP contribution in [0.4, 0.5) is 5.13 Å². The van der Waals surface area contributed by atoms with Crippen LogP contribution in [0.3, 0.4) is 0 Å². The monoisotopic (exact) mass is 506 g/mol. The number of nitrogens with zero attached hydrogens (tertiary/aromatic N) is 2. The molecule has 1 saturated heterocycles. The van der Waals surface area contributed by atoms with Gasteiger partial charge in [-0.3, -0.25) is 14.5 Å². The van der Waals surface area contributed by atoms with Crippen LogP contribution < -0.4 is 9.64 Å². The summed E-state index contributed by atoms with van der Waals surface area (Å²) in [5, 5.41) is 22.2. The third kappa shape index (κ3) is 4.11. The number of ketones is 1. The predicted octanol–water partition coefficient (Wildman–Crippen LogP) is 5.68. The lowest BCUT2D eigenvalue weighted by Crippen LogP contribution is -2.29. The topological polar surface area (TPSA) is 100.0 Å². The number of halogens is 1. The number of carbonyl (C=O) groups excluding carboxylic acids is 2. The van der Waals surface area contributed by atoms with Gasteiger partial charge in [-0.05, 0) is 55.0 Å². The SMILES string of the molecule is CCOc1cccc(C(O)=C2C(=O)C(=O)N(c3nc4ccc(Cl)cc4s3)C2c2cccc(O)c2)c1. The molecular formula is C26H19ClN2O5S. The minimum absolute atomic E-state index is 0.0393. The van der Waals surface area contributed by atoms with Gasteiger partial charge >= 0.3 is 5.91 Å². The summed E-state index contributed by atoms with van der Waals surface area (Å²) in [7, 11) is 0. The Morgan fingerprint density at radius 2 is 1.91 bits per heavy atom. The average Bonchev–Trinajstić information content (AvgIpc) is 3.37. The second-order valence-electron chi connectivity index (χ2n) is 7.83. The number of amides is 1. The molecule has 7 nitrogen and oxygen atoms in total. The Morgan fingerprint density at radius 3 is 2.69 bits per heavy atom. The number of benzene rings is 3. The smallest absolute Gasteiger partial charge is 0.301 e. The summed E-state index contributed by atoms with van der Waals surface area (Å²) < 4.78 is 6.26. The van der Waals surface area contributed by atoms with E-state index in [1.165, 1.54) is 28.4 Å². The Hall–Kier alpha value is -3.88. The molecule has 2 heterocycles. The van der Waals surface area contributed by atoms with E-state index in [1.54, 1.807) is 54.6 Å². The second kappa shape index (κ2) is 9.05. The van der Waals surface area contributed by atoms with Gasteiger partial charge in [0.2, 0.25) is 0 Å². The van der Waals surface area contributed by atoms with Crippen LogP contribution in [0.5, 0.6) is 11.5 Å². The number of hydrogen-bond donors (Lipinski definition) is 2. The highest BCUT2D eigenvalue weighted by Crippen LogP contribution is 2.45. The molecule has 1 fully saturated rings. The largest absolute Gasteiger partial charge is 0.508 e. The van der Waals surface area contributed by atoms with Crippen molar-refractivity contribution in [1.29, 1.82) is 0 Å². The van der Waals surface area contributed by atoms with Gasteiger partial charge in [-0.25, -0.2) is 4.98 Å². The zero-order valence-electron chi connectivity index (χ0n) is 18.4. The van der Waals surface area contributed by atoms with Crippen molar-refractivity contribution in [1.82, 2.24) is 4.98 Å². The van der Waals surface area contributed by atoms with Crippen LogP contribution in [0.15, 0.2) is 72.3 Å². The molecule has 1 atom stereocenters. The lowest BCUT2D eigenvalue weighted by Gasteiger charge is -2.23. The molecule has 0 aliphatic carbocycles. The Kier molecular flexibility index (Phi) is 5.92. The number of rotatable bonds is 5. The van der Waals surface area contributed by atoms with Crippen molar-refractivity contribution in [3.8, 4) is 11.5 Å². The molecule has 0 radical (unpaired) electrons. The summed E-state index contributed by atoms with van der Waals surface area (Å²) in [5.74, 6) is -1.55. The van der Waals surface area contributed by atoms with Gasteiger partial charge in [-0.15, -0.1) is 0 Å². The van der Waals surface area contributed by atoms with Crippen molar-refractivity contribution in [2.45, 2.75) is 13.0 Å². The maximum absolute atomic E-state index is 13.3. The molecule has 3 aromatic carbocycles. The zero-order valence-corrected chi connectivity index (χ0v) is 20.0. The van der Waals surface area contributed by atoms with Crippen LogP contribution in [-0.4, -0.2) is 33.5 Å². The van der Waals surface area contributed by atoms with Gasteiger partial charge in [0.05, 0.1) is 28.4 Å². The highest BCUT2D eigenvalue weighted by molar-refractivity contribution is 7.22. The van der Waals surface area contributed by atoms with Crippen LogP contribution in [0.25, 0.3) is 16.0 Å². The molecule has 0 spiro atoms. The molecule has 176 valence electrons. The number of fused-ring (bicyclic) bond motifs is 1. The van der Waals surface area contributed by atoms with Crippen molar-refractivity contribution in [3.63, 3.8) is 0 Å². The first-order chi connectivity index (χ1) is 16.9. The zero-order chi connectivity index (χ0) is 24.7. The Labute approximate surface area is 209 Å². The molecule has 1 amide bonds. The van der Waals surface area contributed by atoms with Crippen molar-refractivity contribution in [2.24, 2.45) is 0 Å². The van der Waals surface area contributed by atoms with Crippen LogP contribution in [0.2, 0.25) is 5.02 Å². The summed E-state index contributed by atoms with van der Waals surface area (Å²) in [4.78, 5) is 32.4. The minimum Gasteiger partial charge on any atom is -0.508 e. The molecule has 1 unspecified atom stereocenters. The molecule has 0 bridgehead atoms. The van der Waals surface area contributed by atoms with E-state index in [0.29, 0.717) is 34.0 Å². The first-order valence-corrected chi connectivity index (χ1v) is 12.0. The van der Waals surface area contributed by atoms with Gasteiger partial charge < -0.3 is 14.9 Å². The fraction of sp³-hybridized carbons (Fsp3) is 0.115. The van der Waals surface area contributed by atoms with Gasteiger partial charge in [0.25, 0.3) is 5.78 Å². The van der Waals surface area contributed by atoms with Gasteiger partial charge in [0.1, 0.15) is 17.3 Å². The van der Waals surface area contributed by atoms with E-state index in [0.717, 1.165) is 4.70 Å². The standard InChI is InChI=1S/C26H19ClN2O5S/c1-2-34-18-8-4-6-15(12-18)23(31)21-22(14-5-3-7-17(30)11-14)29(25(33)24(21)32)26-28-19-10-9-16(27)13-20(19)35-26/h3-13,22,30-31H,2H2,1H3. The number of thiazole rings is 1. The molecule has 9 heteroatoms. The number of carbonyl (C=O) groups is 2. The molecule has 2 N–H and O–H groups in total. The second-order valence-corrected chi connectivity index (χ2v) is 9.28. The number of hydrogen-bond acceptors (Lipinski definition) is 7. The van der Waals surface area contributed by atoms with E-state index in [4.69, 9.17) is 16.3 Å². The highest BCUT2D eigenvalue weighted by Gasteiger charge is 2.48. The third-order valence-electron chi connectivity index (χ3n) is 5.59. The highest BCUT2D eigenvalue weighted by atomic mass is 35.5. The molecule has 35 heavy (non-hydrogen) atoms. The van der Waals surface area contributed by atoms with Crippen molar-refractivity contribution in [2.75, 3.05) is 11.5 Å². The summed E-state index contributed by atoms with van der Waals surface area (Å²) in [6, 6.07) is 17.0. The lowest BCUT2D eigenvalue weighted by molar-refractivity contribution is -0.132. The summed E-state index contributed by atoms with van der Waals surface area (Å²) in [5.41, 5.74) is 1.29. The number of aliphatic hydroxyl groups excluding tert-OH is 1. The van der Waals surface area contributed by atoms with Crippen LogP contribution in [0.1, 0.15) is 24.1 Å². The van der Waals surface area contributed by atoms with Gasteiger partial charge in [-0.1, -0.05) is 47.2 Å². The number of phenolic OH excluding ortho intramolecular Hbond substituents is 1. The molecule has 1 aliphatic heterocycles. The van der Waals surface area contributed by atoms with Crippen molar-refractivity contribution in [3.05, 3.63) is 88.5 Å². The van der Waals surface area contributed by atoms with E-state index in [1.807, 2.05) is 6.92 Å². The Balaban J connectivity index is 1.72. The number of ether oxygens (including phenoxy) is 1. The fourth-order valence-electron chi connectivity index (χ4n) is 4.08. The molecular weight excluding hydrogens is 488 g/mol. The average molecular weight is 507 g/mol. The molecule has 4 aromatic rings. The lowest BCUT2D eigenvalue weighted by atomic mass is 9.95. The minimum atomic E-state index is -1.01. The number of anilines is 1. The van der Waals surface area contributed by atoms with Gasteiger partial charge in [-0.2, -0.15) is 0 Å². The van der Waals surface area contributed by atoms with Crippen molar-refractivity contribution < 1.29 is 24.5 Å². The quantitative estimate of drug-likeness (QED) is 0.205. The molecule has 1 aromatic heterocycles. The summed E-state index contributed by atoms with van der Waals surface area (Å²) in [6.45, 7) is 2.27. The van der Waals surface area contributed by atoms with Gasteiger partial charge in [0, 0.05) is 10.6 Å². The van der Waals surface area contributed by atoms with E-state index < -0.39 is 17.7 Å². The number of aromatic hydroxyl groups is 1. The first kappa shape index (κ1) is 22.9. The Bertz CT molecular complexity index is 1510. The van der Waals surface area contributed by atoms with Gasteiger partial charge in [0.15, 0.2) is 5.13 Å². The number of aliphatic hydroxyl groups is 1. The maximum atomic E-state index is 13.3. The van der Waals surface area contributed by atoms with E-state index in [9.17, 15) is 19.8 Å².